The molecule has 0 aliphatic carbocycles. The zero-order chi connectivity index (χ0) is 25.9. The van der Waals surface area contributed by atoms with E-state index in [4.69, 9.17) is 22.3 Å². The first-order valence-electron chi connectivity index (χ1n) is 10.3. The molecule has 3 unspecified atom stereocenters. The number of benzene rings is 2. The maximum absolute atomic E-state index is 13.3. The van der Waals surface area contributed by atoms with Gasteiger partial charge in [0.1, 0.15) is 46.7 Å². The fourth-order valence-electron chi connectivity index (χ4n) is 3.88. The number of aliphatic hydroxyl groups excluding tert-OH is 4. The summed E-state index contributed by atoms with van der Waals surface area (Å²) in [5.74, 6) is -3.47. The molecule has 192 valence electrons. The SMILES string of the molecule is O=c1c(-c2ccc(O)cc2)c2oc3cc(O[C@@H]4OC(CO)[C@@H](O)C(O)C4O)c(c(O)c13)OS(=O)(=O)O2. The molecule has 4 bridgehead atoms. The van der Waals surface area contributed by atoms with Gasteiger partial charge >= 0.3 is 16.3 Å². The molecular weight excluding hydrogens is 508 g/mol. The van der Waals surface area contributed by atoms with Gasteiger partial charge in [0, 0.05) is 6.07 Å². The number of phenolic OH excluding ortho intramolecular Hbond substituents is 2. The maximum atomic E-state index is 13.3. The van der Waals surface area contributed by atoms with E-state index in [0.717, 1.165) is 6.07 Å². The van der Waals surface area contributed by atoms with Crippen molar-refractivity contribution in [2.45, 2.75) is 30.7 Å². The van der Waals surface area contributed by atoms with E-state index in [-0.39, 0.29) is 16.9 Å². The molecule has 1 aromatic heterocycles. The third kappa shape index (κ3) is 3.87. The monoisotopic (exact) mass is 526 g/mol. The number of hydrogen-bond acceptors (Lipinski definition) is 14. The summed E-state index contributed by atoms with van der Waals surface area (Å²) in [6.45, 7) is -0.766. The number of rotatable bonds is 4. The summed E-state index contributed by atoms with van der Waals surface area (Å²) < 4.78 is 51.0. The molecule has 0 saturated carbocycles. The van der Waals surface area contributed by atoms with Gasteiger partial charge in [0.25, 0.3) is 0 Å². The van der Waals surface area contributed by atoms with Gasteiger partial charge < -0.3 is 52.9 Å². The molecule has 1 fully saturated rings. The summed E-state index contributed by atoms with van der Waals surface area (Å²) in [7, 11) is -5.05. The van der Waals surface area contributed by atoms with Crippen molar-refractivity contribution in [2.24, 2.45) is 0 Å². The average molecular weight is 526 g/mol. The highest BCUT2D eigenvalue weighted by Crippen LogP contribution is 2.47. The first-order valence-corrected chi connectivity index (χ1v) is 11.6. The van der Waals surface area contributed by atoms with Crippen LogP contribution >= 0.6 is 0 Å². The molecule has 0 radical (unpaired) electrons. The summed E-state index contributed by atoms with van der Waals surface area (Å²) in [6, 6.07) is 6.01. The highest BCUT2D eigenvalue weighted by molar-refractivity contribution is 7.82. The predicted molar refractivity (Wildman–Crippen MR) is 116 cm³/mol. The van der Waals surface area contributed by atoms with Crippen LogP contribution in [-0.2, 0) is 15.1 Å². The second kappa shape index (κ2) is 8.51. The molecule has 3 aliphatic rings. The molecule has 3 aliphatic heterocycles. The molecule has 4 heterocycles. The van der Waals surface area contributed by atoms with Crippen molar-refractivity contribution >= 4 is 21.4 Å². The minimum Gasteiger partial charge on any atom is -0.508 e. The lowest BCUT2D eigenvalue weighted by Crippen LogP contribution is -2.60. The van der Waals surface area contributed by atoms with Gasteiger partial charge in [-0.25, -0.2) is 0 Å². The summed E-state index contributed by atoms with van der Waals surface area (Å²) in [6.07, 6.45) is -8.54. The van der Waals surface area contributed by atoms with Gasteiger partial charge in [0.15, 0.2) is 11.5 Å². The van der Waals surface area contributed by atoms with E-state index in [9.17, 15) is 43.9 Å². The number of ether oxygens (including phenoxy) is 2. The quantitative estimate of drug-likeness (QED) is 0.242. The van der Waals surface area contributed by atoms with E-state index >= 15 is 0 Å². The standard InChI is InChI=1S/C21H18O14S/c22-6-11-14(24)17(27)18(28)21(33-11)32-10-5-9-13-15(25)12(7-1-3-8(23)4-2-7)20(31-9)35-36(29,30)34-19(10)16(13)26/h1-5,11,14,17-18,21-24,26-28H,6H2/t11?,14-,17?,18?,21-/m1/s1. The second-order valence-electron chi connectivity index (χ2n) is 7.96. The summed E-state index contributed by atoms with van der Waals surface area (Å²) in [5.41, 5.74) is -1.60. The highest BCUT2D eigenvalue weighted by atomic mass is 32.3. The molecule has 6 N–H and O–H groups in total. The summed E-state index contributed by atoms with van der Waals surface area (Å²) >= 11 is 0. The Kier molecular flexibility index (Phi) is 5.70. The van der Waals surface area contributed by atoms with Crippen LogP contribution in [0.3, 0.4) is 0 Å². The van der Waals surface area contributed by atoms with E-state index in [0.29, 0.717) is 0 Å². The molecule has 1 saturated heterocycles. The van der Waals surface area contributed by atoms with Crippen molar-refractivity contribution in [1.82, 2.24) is 0 Å². The molecule has 5 atom stereocenters. The molecule has 15 heteroatoms. The number of aromatic hydroxyl groups is 2. The minimum atomic E-state index is -5.05. The number of hydrogen-bond donors (Lipinski definition) is 6. The lowest BCUT2D eigenvalue weighted by Gasteiger charge is -2.39. The van der Waals surface area contributed by atoms with Crippen LogP contribution in [0, 0.1) is 0 Å². The van der Waals surface area contributed by atoms with Gasteiger partial charge in [0.05, 0.1) is 6.61 Å². The average Bonchev–Trinajstić information content (AvgIpc) is 2.90. The molecule has 0 spiro atoms. The van der Waals surface area contributed by atoms with Gasteiger partial charge in [-0.05, 0) is 17.7 Å². The van der Waals surface area contributed by atoms with Crippen LogP contribution in [0.1, 0.15) is 0 Å². The van der Waals surface area contributed by atoms with Crippen LogP contribution in [0.2, 0.25) is 0 Å². The summed E-state index contributed by atoms with van der Waals surface area (Å²) in [5, 5.41) is 59.4. The van der Waals surface area contributed by atoms with Crippen LogP contribution in [-0.4, -0.2) is 76.4 Å². The largest absolute Gasteiger partial charge is 0.508 e. The second-order valence-corrected chi connectivity index (χ2v) is 9.11. The van der Waals surface area contributed by atoms with Crippen molar-refractivity contribution in [2.75, 3.05) is 6.61 Å². The van der Waals surface area contributed by atoms with E-state index in [1.54, 1.807) is 0 Å². The van der Waals surface area contributed by atoms with Gasteiger partial charge in [-0.1, -0.05) is 12.1 Å². The Morgan fingerprint density at radius 1 is 0.972 bits per heavy atom. The van der Waals surface area contributed by atoms with Crippen molar-refractivity contribution in [3.05, 3.63) is 40.6 Å². The molecule has 6 rings (SSSR count). The molecule has 36 heavy (non-hydrogen) atoms. The summed E-state index contributed by atoms with van der Waals surface area (Å²) in [4.78, 5) is 13.3. The van der Waals surface area contributed by atoms with Crippen molar-refractivity contribution in [3.63, 3.8) is 0 Å². The zero-order valence-electron chi connectivity index (χ0n) is 17.8. The number of fused-ring (bicyclic) bond motifs is 4. The van der Waals surface area contributed by atoms with Crippen LogP contribution in [0.5, 0.6) is 28.9 Å². The van der Waals surface area contributed by atoms with Crippen LogP contribution in [0.25, 0.3) is 22.1 Å². The zero-order valence-corrected chi connectivity index (χ0v) is 18.7. The van der Waals surface area contributed by atoms with Crippen molar-refractivity contribution in [1.29, 1.82) is 0 Å². The first-order chi connectivity index (χ1) is 17.0. The lowest BCUT2D eigenvalue weighted by molar-refractivity contribution is -0.277. The van der Waals surface area contributed by atoms with E-state index in [1.807, 2.05) is 0 Å². The number of aliphatic hydroxyl groups is 4. The Labute approximate surface area is 201 Å². The Balaban J connectivity index is 1.69. The number of phenols is 2. The Bertz CT molecular complexity index is 1490. The molecule has 2 aromatic carbocycles. The van der Waals surface area contributed by atoms with Crippen LogP contribution in [0.4, 0.5) is 0 Å². The Morgan fingerprint density at radius 3 is 2.33 bits per heavy atom. The van der Waals surface area contributed by atoms with Crippen LogP contribution in [0.15, 0.2) is 39.5 Å². The normalized spacial score (nSPS) is 26.7. The van der Waals surface area contributed by atoms with Gasteiger partial charge in [0.2, 0.25) is 17.5 Å². The fourth-order valence-corrected chi connectivity index (χ4v) is 4.58. The van der Waals surface area contributed by atoms with Crippen LogP contribution < -0.4 is 18.5 Å². The molecule has 14 nitrogen and oxygen atoms in total. The Morgan fingerprint density at radius 2 is 1.67 bits per heavy atom. The first kappa shape index (κ1) is 24.1. The minimum absolute atomic E-state index is 0.0955. The fraction of sp³-hybridized carbons (Fsp3) is 0.286. The Hall–Kier alpha value is -3.60. The van der Waals surface area contributed by atoms with E-state index in [1.165, 1.54) is 24.3 Å². The maximum Gasteiger partial charge on any atom is 0.503 e. The van der Waals surface area contributed by atoms with Crippen molar-refractivity contribution in [3.8, 4) is 40.1 Å². The third-order valence-corrected chi connectivity index (χ3v) is 6.38. The lowest BCUT2D eigenvalue weighted by atomic mass is 9.99. The van der Waals surface area contributed by atoms with E-state index < -0.39 is 87.3 Å². The van der Waals surface area contributed by atoms with Crippen molar-refractivity contribution < 1.29 is 61.3 Å². The molecular formula is C21H18O14S. The third-order valence-electron chi connectivity index (χ3n) is 5.66. The van der Waals surface area contributed by atoms with Gasteiger partial charge in [-0.3, -0.25) is 4.79 Å². The van der Waals surface area contributed by atoms with Gasteiger partial charge in [-0.15, -0.1) is 8.42 Å². The topological polar surface area (TPSA) is 223 Å². The van der Waals surface area contributed by atoms with E-state index in [2.05, 4.69) is 0 Å². The van der Waals surface area contributed by atoms with Gasteiger partial charge in [-0.2, -0.15) is 0 Å². The molecule has 0 amide bonds. The smallest absolute Gasteiger partial charge is 0.503 e. The molecule has 3 aromatic rings. The predicted octanol–water partition coefficient (Wildman–Crippen LogP) is -0.934. The highest BCUT2D eigenvalue weighted by Gasteiger charge is 2.45.